The summed E-state index contributed by atoms with van der Waals surface area (Å²) in [4.78, 5) is 28.3. The smallest absolute Gasteiger partial charge is 0.297 e. The first kappa shape index (κ1) is 20.3. The number of carbonyl (C=O) groups excluding carboxylic acids is 1. The minimum atomic E-state index is -0.815. The monoisotopic (exact) mass is 451 g/mol. The Balaban J connectivity index is 1.78. The van der Waals surface area contributed by atoms with E-state index in [4.69, 9.17) is 9.15 Å². The van der Waals surface area contributed by atoms with Gasteiger partial charge in [-0.3, -0.25) is 14.5 Å². The first-order chi connectivity index (χ1) is 15.3. The van der Waals surface area contributed by atoms with E-state index in [0.29, 0.717) is 21.5 Å². The Morgan fingerprint density at radius 1 is 1.16 bits per heavy atom. The number of fused-ring (bicyclic) bond motifs is 2. The third-order valence-corrected chi connectivity index (χ3v) is 5.94. The molecular weight excluding hydrogens is 433 g/mol. The summed E-state index contributed by atoms with van der Waals surface area (Å²) in [5.41, 5.74) is 0.473. The van der Waals surface area contributed by atoms with Gasteiger partial charge >= 0.3 is 0 Å². The highest BCUT2D eigenvalue weighted by molar-refractivity contribution is 7.15. The lowest BCUT2D eigenvalue weighted by Crippen LogP contribution is -2.29. The molecule has 2 aromatic heterocycles. The molecule has 162 valence electrons. The number of hydrogen-bond acceptors (Lipinski definition) is 7. The number of amides is 1. The topological polar surface area (TPSA) is 85.5 Å². The fourth-order valence-electron chi connectivity index (χ4n) is 3.87. The molecule has 1 unspecified atom stereocenters. The lowest BCUT2D eigenvalue weighted by atomic mass is 9.98. The van der Waals surface area contributed by atoms with Crippen LogP contribution in [0.4, 0.5) is 9.52 Å². The number of halogens is 1. The van der Waals surface area contributed by atoms with Gasteiger partial charge in [0.1, 0.15) is 22.2 Å². The highest BCUT2D eigenvalue weighted by Gasteiger charge is 2.45. The standard InChI is InChI=1S/C23H18FN3O4S/c1-11(2)30-15-6-4-5-13(9-15)19-18-20(28)16-10-14(24)7-8-17(16)31-21(18)22(29)27(19)23-26-25-12(3)32-23/h4-11,19H,1-3H3. The van der Waals surface area contributed by atoms with Gasteiger partial charge in [-0.2, -0.15) is 0 Å². The van der Waals surface area contributed by atoms with E-state index in [9.17, 15) is 14.0 Å². The largest absolute Gasteiger partial charge is 0.491 e. The summed E-state index contributed by atoms with van der Waals surface area (Å²) < 4.78 is 25.5. The van der Waals surface area contributed by atoms with E-state index < -0.39 is 23.2 Å². The number of nitrogens with zero attached hydrogens (tertiary/aromatic N) is 3. The fraction of sp³-hybridized carbons (Fsp3) is 0.217. The number of carbonyl (C=O) groups is 1. The molecule has 4 aromatic rings. The minimum Gasteiger partial charge on any atom is -0.491 e. The van der Waals surface area contributed by atoms with Gasteiger partial charge in [0, 0.05) is 0 Å². The van der Waals surface area contributed by atoms with Crippen molar-refractivity contribution in [3.05, 3.63) is 80.4 Å². The van der Waals surface area contributed by atoms with Gasteiger partial charge in [-0.05, 0) is 56.7 Å². The molecule has 9 heteroatoms. The zero-order chi connectivity index (χ0) is 22.6. The van der Waals surface area contributed by atoms with Gasteiger partial charge in [-0.1, -0.05) is 23.5 Å². The van der Waals surface area contributed by atoms with Crippen molar-refractivity contribution >= 4 is 33.3 Å². The second-order valence-corrected chi connectivity index (χ2v) is 8.90. The predicted molar refractivity (Wildman–Crippen MR) is 118 cm³/mol. The summed E-state index contributed by atoms with van der Waals surface area (Å²) in [5.74, 6) is -0.542. The van der Waals surface area contributed by atoms with Crippen molar-refractivity contribution in [2.24, 2.45) is 0 Å². The third-order valence-electron chi connectivity index (χ3n) is 5.10. The maximum atomic E-state index is 13.9. The molecule has 32 heavy (non-hydrogen) atoms. The molecule has 1 amide bonds. The Labute approximate surface area is 186 Å². The fourth-order valence-corrected chi connectivity index (χ4v) is 4.59. The Kier molecular flexibility index (Phi) is 4.78. The lowest BCUT2D eigenvalue weighted by Gasteiger charge is -2.22. The summed E-state index contributed by atoms with van der Waals surface area (Å²) in [5, 5.41) is 9.24. The van der Waals surface area contributed by atoms with Crippen molar-refractivity contribution in [3.8, 4) is 5.75 Å². The number of benzene rings is 2. The highest BCUT2D eigenvalue weighted by Crippen LogP contribution is 2.42. The summed E-state index contributed by atoms with van der Waals surface area (Å²) in [6, 6.07) is 10.0. The molecule has 1 aliphatic heterocycles. The first-order valence-corrected chi connectivity index (χ1v) is 10.8. The number of ether oxygens (including phenoxy) is 1. The van der Waals surface area contributed by atoms with Crippen molar-refractivity contribution in [2.75, 3.05) is 4.90 Å². The van der Waals surface area contributed by atoms with Crippen LogP contribution >= 0.6 is 11.3 Å². The molecule has 0 aliphatic carbocycles. The molecule has 0 radical (unpaired) electrons. The second-order valence-electron chi connectivity index (χ2n) is 7.73. The Bertz CT molecular complexity index is 1430. The summed E-state index contributed by atoms with van der Waals surface area (Å²) in [6.45, 7) is 5.60. The molecule has 0 bridgehead atoms. The third kappa shape index (κ3) is 3.25. The van der Waals surface area contributed by atoms with E-state index in [-0.39, 0.29) is 28.4 Å². The predicted octanol–water partition coefficient (Wildman–Crippen LogP) is 4.63. The molecule has 1 atom stereocenters. The van der Waals surface area contributed by atoms with E-state index in [0.717, 1.165) is 6.07 Å². The van der Waals surface area contributed by atoms with Crippen molar-refractivity contribution in [3.63, 3.8) is 0 Å². The van der Waals surface area contributed by atoms with Gasteiger partial charge in [0.2, 0.25) is 10.9 Å². The Morgan fingerprint density at radius 2 is 1.97 bits per heavy atom. The van der Waals surface area contributed by atoms with Gasteiger partial charge in [-0.25, -0.2) is 4.39 Å². The molecule has 7 nitrogen and oxygen atoms in total. The van der Waals surface area contributed by atoms with Crippen LogP contribution in [0.5, 0.6) is 5.75 Å². The average molecular weight is 451 g/mol. The van der Waals surface area contributed by atoms with E-state index in [2.05, 4.69) is 10.2 Å². The molecule has 0 N–H and O–H groups in total. The molecule has 0 fully saturated rings. The van der Waals surface area contributed by atoms with E-state index in [1.165, 1.54) is 28.4 Å². The summed E-state index contributed by atoms with van der Waals surface area (Å²) >= 11 is 1.23. The number of aryl methyl sites for hydroxylation is 1. The van der Waals surface area contributed by atoms with Crippen LogP contribution in [0.2, 0.25) is 0 Å². The van der Waals surface area contributed by atoms with Gasteiger partial charge in [0.15, 0.2) is 5.43 Å². The Hall–Kier alpha value is -3.59. The zero-order valence-corrected chi connectivity index (χ0v) is 18.3. The van der Waals surface area contributed by atoms with Crippen molar-refractivity contribution < 1.29 is 18.3 Å². The van der Waals surface area contributed by atoms with E-state index >= 15 is 0 Å². The molecule has 0 spiro atoms. The average Bonchev–Trinajstić information content (AvgIpc) is 3.29. The number of aromatic nitrogens is 2. The van der Waals surface area contributed by atoms with Crippen LogP contribution in [-0.2, 0) is 0 Å². The van der Waals surface area contributed by atoms with Crippen LogP contribution in [0, 0.1) is 12.7 Å². The van der Waals surface area contributed by atoms with Gasteiger partial charge in [0.25, 0.3) is 5.91 Å². The first-order valence-electron chi connectivity index (χ1n) is 10.00. The van der Waals surface area contributed by atoms with Crippen molar-refractivity contribution in [1.82, 2.24) is 10.2 Å². The van der Waals surface area contributed by atoms with Crippen molar-refractivity contribution in [1.29, 1.82) is 0 Å². The van der Waals surface area contributed by atoms with Crippen LogP contribution in [0.25, 0.3) is 11.0 Å². The molecule has 0 saturated heterocycles. The van der Waals surface area contributed by atoms with Crippen LogP contribution < -0.4 is 15.1 Å². The van der Waals surface area contributed by atoms with Crippen LogP contribution in [-0.4, -0.2) is 22.2 Å². The SMILES string of the molecule is Cc1nnc(N2C(=O)c3oc4ccc(F)cc4c(=O)c3C2c2cccc(OC(C)C)c2)s1. The lowest BCUT2D eigenvalue weighted by molar-refractivity contribution is 0.0970. The normalized spacial score (nSPS) is 15.6. The highest BCUT2D eigenvalue weighted by atomic mass is 32.1. The van der Waals surface area contributed by atoms with Crippen LogP contribution in [0.15, 0.2) is 51.7 Å². The van der Waals surface area contributed by atoms with E-state index in [1.54, 1.807) is 31.2 Å². The maximum absolute atomic E-state index is 13.9. The molecular formula is C23H18FN3O4S. The van der Waals surface area contributed by atoms with Crippen LogP contribution in [0.3, 0.4) is 0 Å². The molecule has 3 heterocycles. The number of rotatable bonds is 4. The number of anilines is 1. The minimum absolute atomic E-state index is 0.0540. The van der Waals surface area contributed by atoms with Crippen molar-refractivity contribution in [2.45, 2.75) is 32.9 Å². The van der Waals surface area contributed by atoms with Gasteiger partial charge < -0.3 is 9.15 Å². The molecule has 1 aliphatic rings. The van der Waals surface area contributed by atoms with Gasteiger partial charge in [0.05, 0.1) is 23.1 Å². The van der Waals surface area contributed by atoms with Gasteiger partial charge in [-0.15, -0.1) is 10.2 Å². The molecule has 0 saturated carbocycles. The van der Waals surface area contributed by atoms with Crippen LogP contribution in [0.1, 0.15) is 46.6 Å². The summed E-state index contributed by atoms with van der Waals surface area (Å²) in [6.07, 6.45) is -0.0540. The zero-order valence-electron chi connectivity index (χ0n) is 17.5. The second kappa shape index (κ2) is 7.52. The Morgan fingerprint density at radius 3 is 2.69 bits per heavy atom. The molecule has 5 rings (SSSR count). The quantitative estimate of drug-likeness (QED) is 0.450. The number of hydrogen-bond donors (Lipinski definition) is 0. The maximum Gasteiger partial charge on any atom is 0.297 e. The van der Waals surface area contributed by atoms with E-state index in [1.807, 2.05) is 13.8 Å². The molecule has 2 aromatic carbocycles. The summed E-state index contributed by atoms with van der Waals surface area (Å²) in [7, 11) is 0.